The highest BCUT2D eigenvalue weighted by molar-refractivity contribution is 7.53. The number of rotatable bonds is 17. The molecule has 0 aliphatic heterocycles. The fourth-order valence-electron chi connectivity index (χ4n) is 5.03. The molecule has 1 aromatic rings. The molecule has 1 fully saturated rings. The van der Waals surface area contributed by atoms with Crippen molar-refractivity contribution in [3.8, 4) is 6.07 Å². The summed E-state index contributed by atoms with van der Waals surface area (Å²) in [4.78, 5) is 26.8. The zero-order valence-corrected chi connectivity index (χ0v) is 25.9. The summed E-state index contributed by atoms with van der Waals surface area (Å²) in [5.41, 5.74) is -1.03. The third-order valence-electron chi connectivity index (χ3n) is 6.49. The lowest BCUT2D eigenvalue weighted by Gasteiger charge is -2.38. The maximum absolute atomic E-state index is 13.3. The molecule has 0 bridgehead atoms. The summed E-state index contributed by atoms with van der Waals surface area (Å²) in [7, 11) is -3.38. The van der Waals surface area contributed by atoms with E-state index >= 15 is 0 Å². The van der Waals surface area contributed by atoms with E-state index in [1.807, 2.05) is 0 Å². The van der Waals surface area contributed by atoms with E-state index in [-0.39, 0.29) is 50.4 Å². The molecule has 1 aliphatic rings. The number of hydrogen-bond donors (Lipinski definition) is 1. The Balaban J connectivity index is 2.48. The van der Waals surface area contributed by atoms with E-state index in [1.165, 1.54) is 16.8 Å². The van der Waals surface area contributed by atoms with Crippen molar-refractivity contribution in [2.45, 2.75) is 91.1 Å². The molecule has 1 unspecified atom stereocenters. The average molecular weight is 591 g/mol. The van der Waals surface area contributed by atoms with Crippen LogP contribution in [0, 0.1) is 17.2 Å². The smallest absolute Gasteiger partial charge is 0.330 e. The summed E-state index contributed by atoms with van der Waals surface area (Å²) in [5, 5.41) is 9.08. The predicted octanol–water partition coefficient (Wildman–Crippen LogP) is 4.43. The fraction of sp³-hybridized carbons (Fsp3) is 0.800. The van der Waals surface area contributed by atoms with Gasteiger partial charge in [-0.2, -0.15) is 5.26 Å². The molecule has 1 aliphatic carbocycles. The van der Waals surface area contributed by atoms with Crippen LogP contribution in [0.5, 0.6) is 0 Å². The van der Waals surface area contributed by atoms with Gasteiger partial charge in [0, 0.05) is 31.5 Å². The van der Waals surface area contributed by atoms with Crippen molar-refractivity contribution in [2.24, 2.45) is 5.92 Å². The minimum atomic E-state index is -3.33. The van der Waals surface area contributed by atoms with E-state index < -0.39 is 45.6 Å². The largest absolute Gasteiger partial charge is 0.377 e. The Morgan fingerprint density at radius 2 is 1.82 bits per heavy atom. The van der Waals surface area contributed by atoms with Gasteiger partial charge in [-0.05, 0) is 60.3 Å². The van der Waals surface area contributed by atoms with Crippen LogP contribution in [0.4, 0.5) is 0 Å². The van der Waals surface area contributed by atoms with Crippen molar-refractivity contribution in [3.63, 3.8) is 0 Å². The predicted molar refractivity (Wildman–Crippen MR) is 150 cm³/mol. The standard InChI is InChI=1S/C25H44N4O8P2/c1-8-35-39(32,36-9-2)16-12-20-17-21(28-14-11-22(30)27-25(28)31)24(33-7)23(20)37-38(34-15-10-13-26)29(18(3)4)19(5)6/h11,14,18-21,23-24H,8-10,12,15-17H2,1-7H3,(H,27,30,31)/t20-,21+,23+,24-,38?/m0/s1. The molecule has 0 radical (unpaired) electrons. The third kappa shape index (κ3) is 9.31. The summed E-state index contributed by atoms with van der Waals surface area (Å²) in [6.45, 7) is 12.5. The van der Waals surface area contributed by atoms with Gasteiger partial charge in [0.25, 0.3) is 14.1 Å². The highest BCUT2D eigenvalue weighted by Gasteiger charge is 2.48. The first-order valence-corrected chi connectivity index (χ1v) is 16.3. The molecular weight excluding hydrogens is 546 g/mol. The molecule has 1 heterocycles. The average Bonchev–Trinajstić information content (AvgIpc) is 3.19. The maximum Gasteiger partial charge on any atom is 0.330 e. The Hall–Kier alpha value is -1.41. The Bertz CT molecular complexity index is 1070. The molecule has 0 spiro atoms. The first-order chi connectivity index (χ1) is 18.5. The molecule has 1 aromatic heterocycles. The van der Waals surface area contributed by atoms with E-state index in [9.17, 15) is 14.2 Å². The van der Waals surface area contributed by atoms with E-state index in [4.69, 9.17) is 28.1 Å². The van der Waals surface area contributed by atoms with Crippen LogP contribution in [0.1, 0.15) is 66.8 Å². The summed E-state index contributed by atoms with van der Waals surface area (Å²) in [5.74, 6) is -0.196. The van der Waals surface area contributed by atoms with Crippen molar-refractivity contribution in [1.29, 1.82) is 5.26 Å². The summed E-state index contributed by atoms with van der Waals surface area (Å²) in [6, 6.07) is 3.13. The molecule has 12 nitrogen and oxygen atoms in total. The molecule has 0 amide bonds. The number of hydrogen-bond acceptors (Lipinski definition) is 10. The Morgan fingerprint density at radius 1 is 1.18 bits per heavy atom. The van der Waals surface area contributed by atoms with E-state index in [2.05, 4.69) is 43.4 Å². The van der Waals surface area contributed by atoms with E-state index in [1.54, 1.807) is 21.0 Å². The van der Waals surface area contributed by atoms with E-state index in [0.29, 0.717) is 12.8 Å². The molecule has 39 heavy (non-hydrogen) atoms. The zero-order chi connectivity index (χ0) is 29.2. The van der Waals surface area contributed by atoms with Gasteiger partial charge in [-0.15, -0.1) is 0 Å². The lowest BCUT2D eigenvalue weighted by Crippen LogP contribution is -2.40. The van der Waals surface area contributed by atoms with Crippen LogP contribution in [-0.4, -0.2) is 71.6 Å². The van der Waals surface area contributed by atoms with Crippen LogP contribution in [0.2, 0.25) is 0 Å². The number of nitrogens with one attached hydrogen (secondary N) is 1. The summed E-state index contributed by atoms with van der Waals surface area (Å²) in [6.07, 6.45) is 1.65. The van der Waals surface area contributed by atoms with Crippen molar-refractivity contribution >= 4 is 16.1 Å². The minimum Gasteiger partial charge on any atom is -0.377 e. The molecule has 222 valence electrons. The highest BCUT2D eigenvalue weighted by atomic mass is 31.2. The lowest BCUT2D eigenvalue weighted by molar-refractivity contribution is -0.0184. The molecule has 1 N–H and O–H groups in total. The second-order valence-corrected chi connectivity index (χ2v) is 13.4. The van der Waals surface area contributed by atoms with Crippen LogP contribution in [0.15, 0.2) is 21.9 Å². The number of nitriles is 1. The van der Waals surface area contributed by atoms with Crippen LogP contribution in [0.25, 0.3) is 0 Å². The van der Waals surface area contributed by atoms with Gasteiger partial charge < -0.3 is 22.8 Å². The minimum absolute atomic E-state index is 0.0905. The van der Waals surface area contributed by atoms with E-state index in [0.717, 1.165) is 0 Å². The second-order valence-electron chi connectivity index (χ2n) is 9.86. The van der Waals surface area contributed by atoms with Crippen LogP contribution < -0.4 is 11.2 Å². The SMILES string of the molecule is CCOP(=O)(CC[C@H]1C[C@@H](n2ccc(=O)[nH]c2=O)[C@H](OC)[C@@H]1OP(OCCC#N)N(C(C)C)C(C)C)OCC. The monoisotopic (exact) mass is 590 g/mol. The molecule has 1 saturated carbocycles. The molecule has 5 atom stereocenters. The quantitative estimate of drug-likeness (QED) is 0.204. The van der Waals surface area contributed by atoms with Gasteiger partial charge in [-0.1, -0.05) is 0 Å². The van der Waals surface area contributed by atoms with Crippen LogP contribution in [0.3, 0.4) is 0 Å². The molecule has 0 aromatic carbocycles. The van der Waals surface area contributed by atoms with Gasteiger partial charge in [-0.3, -0.25) is 18.9 Å². The molecule has 2 rings (SSSR count). The number of nitrogens with zero attached hydrogens (tertiary/aromatic N) is 3. The maximum atomic E-state index is 13.3. The lowest BCUT2D eigenvalue weighted by atomic mass is 10.0. The molecule has 14 heteroatoms. The molecular formula is C25H44N4O8P2. The van der Waals surface area contributed by atoms with Crippen LogP contribution >= 0.6 is 16.1 Å². The van der Waals surface area contributed by atoms with Crippen LogP contribution in [-0.2, 0) is 27.4 Å². The number of methoxy groups -OCH3 is 1. The number of ether oxygens (including phenoxy) is 1. The number of aromatic amines is 1. The first kappa shape index (κ1) is 33.8. The van der Waals surface area contributed by atoms with Gasteiger partial charge in [-0.25, -0.2) is 9.46 Å². The third-order valence-corrected chi connectivity index (χ3v) is 10.7. The highest BCUT2D eigenvalue weighted by Crippen LogP contribution is 2.55. The summed E-state index contributed by atoms with van der Waals surface area (Å²) < 4.78 is 46.7. The number of aromatic nitrogens is 2. The fourth-order valence-corrected chi connectivity index (χ4v) is 8.60. The van der Waals surface area contributed by atoms with Gasteiger partial charge in [0.05, 0.1) is 50.6 Å². The van der Waals surface area contributed by atoms with Crippen molar-refractivity contribution in [3.05, 3.63) is 33.1 Å². The zero-order valence-electron chi connectivity index (χ0n) is 24.1. The first-order valence-electron chi connectivity index (χ1n) is 13.5. The molecule has 0 saturated heterocycles. The Labute approximate surface area is 232 Å². The normalized spacial score (nSPS) is 22.6. The second kappa shape index (κ2) is 16.1. The van der Waals surface area contributed by atoms with Crippen molar-refractivity contribution in [2.75, 3.05) is 33.1 Å². The van der Waals surface area contributed by atoms with Crippen molar-refractivity contribution < 1.29 is 27.4 Å². The Morgan fingerprint density at radius 3 is 2.33 bits per heavy atom. The van der Waals surface area contributed by atoms with Crippen molar-refractivity contribution in [1.82, 2.24) is 14.2 Å². The number of H-pyrrole nitrogens is 1. The van der Waals surface area contributed by atoms with Gasteiger partial charge in [0.1, 0.15) is 6.10 Å². The van der Waals surface area contributed by atoms with Gasteiger partial charge in [0.2, 0.25) is 0 Å². The summed E-state index contributed by atoms with van der Waals surface area (Å²) >= 11 is 0. The van der Waals surface area contributed by atoms with Gasteiger partial charge in [0.15, 0.2) is 0 Å². The Kier molecular flexibility index (Phi) is 14.0. The topological polar surface area (TPSA) is 145 Å². The van der Waals surface area contributed by atoms with Gasteiger partial charge >= 0.3 is 13.3 Å².